The number of nitrogens with zero attached hydrogens (tertiary/aromatic N) is 1. The van der Waals surface area contributed by atoms with Gasteiger partial charge in [-0.1, -0.05) is 42.3 Å². The van der Waals surface area contributed by atoms with Crippen molar-refractivity contribution >= 4 is 52.4 Å². The van der Waals surface area contributed by atoms with Crippen LogP contribution in [0.3, 0.4) is 0 Å². The fourth-order valence-corrected chi connectivity index (χ4v) is 4.53. The first kappa shape index (κ1) is 27.6. The number of carbonyl (C=O) groups excluding carboxylic acids is 4. The Bertz CT molecular complexity index is 1490. The summed E-state index contributed by atoms with van der Waals surface area (Å²) in [7, 11) is 0. The number of esters is 1. The van der Waals surface area contributed by atoms with E-state index in [1.54, 1.807) is 24.3 Å². The third-order valence-electron chi connectivity index (χ3n) is 6.14. The maximum absolute atomic E-state index is 13.2. The van der Waals surface area contributed by atoms with Crippen molar-refractivity contribution < 1.29 is 23.9 Å². The maximum atomic E-state index is 13.2. The first-order valence-electron chi connectivity index (χ1n) is 12.4. The average Bonchev–Trinajstić information content (AvgIpc) is 3.12. The fraction of sp³-hybridized carbons (Fsp3) is 0.200. The Hall–Kier alpha value is -4.43. The second kappa shape index (κ2) is 11.5. The number of benzene rings is 3. The Kier molecular flexibility index (Phi) is 8.16. The smallest absolute Gasteiger partial charge is 0.338 e. The van der Waals surface area contributed by atoms with Gasteiger partial charge >= 0.3 is 5.97 Å². The van der Waals surface area contributed by atoms with Crippen LogP contribution < -0.4 is 15.5 Å². The zero-order valence-electron chi connectivity index (χ0n) is 22.1. The van der Waals surface area contributed by atoms with Crippen LogP contribution in [0.4, 0.5) is 17.1 Å². The lowest BCUT2D eigenvalue weighted by Crippen LogP contribution is -2.32. The monoisotopic (exact) mass is 545 g/mol. The Balaban J connectivity index is 1.50. The van der Waals surface area contributed by atoms with Crippen LogP contribution >= 0.6 is 11.6 Å². The quantitative estimate of drug-likeness (QED) is 0.271. The summed E-state index contributed by atoms with van der Waals surface area (Å²) in [6, 6.07) is 16.4. The van der Waals surface area contributed by atoms with Crippen molar-refractivity contribution in [1.29, 1.82) is 0 Å². The highest BCUT2D eigenvalue weighted by Crippen LogP contribution is 2.31. The van der Waals surface area contributed by atoms with E-state index in [0.29, 0.717) is 29.8 Å². The van der Waals surface area contributed by atoms with E-state index in [1.165, 1.54) is 24.3 Å². The zero-order valence-corrected chi connectivity index (χ0v) is 22.8. The largest absolute Gasteiger partial charge is 0.462 e. The molecule has 1 aliphatic rings. The summed E-state index contributed by atoms with van der Waals surface area (Å²) in [5.74, 6) is -2.17. The van der Waals surface area contributed by atoms with Gasteiger partial charge in [0.1, 0.15) is 10.7 Å². The van der Waals surface area contributed by atoms with E-state index in [9.17, 15) is 19.2 Å². The number of ether oxygens (including phenoxy) is 1. The van der Waals surface area contributed by atoms with Gasteiger partial charge in [0, 0.05) is 16.9 Å². The van der Waals surface area contributed by atoms with Crippen LogP contribution in [0.1, 0.15) is 50.8 Å². The molecule has 8 nitrogen and oxygen atoms in total. The first-order chi connectivity index (χ1) is 18.6. The number of nitrogens with one attached hydrogen (secondary N) is 2. The molecule has 3 aromatic carbocycles. The van der Waals surface area contributed by atoms with Gasteiger partial charge in [0.05, 0.1) is 17.9 Å². The van der Waals surface area contributed by atoms with Crippen LogP contribution in [0, 0.1) is 20.8 Å². The van der Waals surface area contributed by atoms with Gasteiger partial charge < -0.3 is 15.4 Å². The number of halogens is 1. The summed E-state index contributed by atoms with van der Waals surface area (Å²) in [5.41, 5.74) is 4.96. The summed E-state index contributed by atoms with van der Waals surface area (Å²) in [4.78, 5) is 52.0. The standard InChI is InChI=1S/C30H28ClN3O5/c1-5-13-39-30(38)20-9-11-23(12-10-20)34-28(36)24(31)26(29(34)37)32-22-8-6-7-21(16-22)27(35)33-25-18(3)14-17(2)15-19(25)4/h6-12,14-16,32H,5,13H2,1-4H3,(H,33,35). The normalized spacial score (nSPS) is 13.1. The highest BCUT2D eigenvalue weighted by molar-refractivity contribution is 6.53. The number of aryl methyl sites for hydroxylation is 3. The number of hydrogen-bond acceptors (Lipinski definition) is 6. The number of hydrogen-bond donors (Lipinski definition) is 2. The molecule has 0 spiro atoms. The van der Waals surface area contributed by atoms with E-state index in [1.807, 2.05) is 39.8 Å². The molecule has 200 valence electrons. The van der Waals surface area contributed by atoms with Gasteiger partial charge in [-0.25, -0.2) is 9.69 Å². The van der Waals surface area contributed by atoms with E-state index in [-0.39, 0.29) is 22.3 Å². The third-order valence-corrected chi connectivity index (χ3v) is 6.49. The molecule has 0 fully saturated rings. The minimum absolute atomic E-state index is 0.115. The Morgan fingerprint density at radius 3 is 2.21 bits per heavy atom. The summed E-state index contributed by atoms with van der Waals surface area (Å²) in [6.45, 7) is 8.05. The topological polar surface area (TPSA) is 105 Å². The first-order valence-corrected chi connectivity index (χ1v) is 12.8. The molecule has 39 heavy (non-hydrogen) atoms. The molecule has 0 saturated heterocycles. The highest BCUT2D eigenvalue weighted by Gasteiger charge is 2.39. The summed E-state index contributed by atoms with van der Waals surface area (Å²) in [6.07, 6.45) is 0.695. The minimum atomic E-state index is -0.704. The van der Waals surface area contributed by atoms with Gasteiger partial charge in [0.25, 0.3) is 17.7 Å². The van der Waals surface area contributed by atoms with E-state index >= 15 is 0 Å². The van der Waals surface area contributed by atoms with Crippen LogP contribution in [-0.4, -0.2) is 30.3 Å². The molecule has 3 aromatic rings. The Morgan fingerprint density at radius 1 is 0.897 bits per heavy atom. The van der Waals surface area contributed by atoms with Crippen LogP contribution in [0.5, 0.6) is 0 Å². The van der Waals surface area contributed by atoms with E-state index < -0.39 is 17.8 Å². The highest BCUT2D eigenvalue weighted by atomic mass is 35.5. The zero-order chi connectivity index (χ0) is 28.3. The predicted octanol–water partition coefficient (Wildman–Crippen LogP) is 5.87. The molecule has 0 bridgehead atoms. The fourth-order valence-electron chi connectivity index (χ4n) is 4.32. The van der Waals surface area contributed by atoms with Gasteiger partial charge in [0.15, 0.2) is 0 Å². The lowest BCUT2D eigenvalue weighted by molar-refractivity contribution is -0.120. The summed E-state index contributed by atoms with van der Waals surface area (Å²) in [5, 5.41) is 5.56. The van der Waals surface area contributed by atoms with E-state index in [4.69, 9.17) is 16.3 Å². The number of amides is 3. The Morgan fingerprint density at radius 2 is 1.56 bits per heavy atom. The molecule has 1 heterocycles. The van der Waals surface area contributed by atoms with Crippen molar-refractivity contribution in [3.05, 3.63) is 99.2 Å². The van der Waals surface area contributed by atoms with Gasteiger partial charge in [-0.05, 0) is 80.8 Å². The van der Waals surface area contributed by atoms with E-state index in [2.05, 4.69) is 10.6 Å². The lowest BCUT2D eigenvalue weighted by Gasteiger charge is -2.16. The van der Waals surface area contributed by atoms with Gasteiger partial charge in [-0.2, -0.15) is 0 Å². The van der Waals surface area contributed by atoms with Crippen LogP contribution in [-0.2, 0) is 14.3 Å². The van der Waals surface area contributed by atoms with Crippen molar-refractivity contribution in [2.45, 2.75) is 34.1 Å². The number of imide groups is 1. The molecule has 0 unspecified atom stereocenters. The summed E-state index contributed by atoms with van der Waals surface area (Å²) < 4.78 is 5.11. The molecule has 0 saturated carbocycles. The second-order valence-electron chi connectivity index (χ2n) is 9.25. The number of carbonyl (C=O) groups is 4. The van der Waals surface area contributed by atoms with Crippen molar-refractivity contribution in [1.82, 2.24) is 0 Å². The maximum Gasteiger partial charge on any atom is 0.338 e. The van der Waals surface area contributed by atoms with Crippen molar-refractivity contribution in [2.24, 2.45) is 0 Å². The van der Waals surface area contributed by atoms with E-state index in [0.717, 1.165) is 27.3 Å². The molecule has 0 atom stereocenters. The average molecular weight is 546 g/mol. The predicted molar refractivity (Wildman–Crippen MR) is 151 cm³/mol. The van der Waals surface area contributed by atoms with Crippen molar-refractivity contribution in [3.63, 3.8) is 0 Å². The minimum Gasteiger partial charge on any atom is -0.462 e. The SMILES string of the molecule is CCCOC(=O)c1ccc(N2C(=O)C(Cl)=C(Nc3cccc(C(=O)Nc4c(C)cc(C)cc4C)c3)C2=O)cc1. The number of anilines is 3. The molecule has 0 radical (unpaired) electrons. The molecule has 0 aromatic heterocycles. The molecular formula is C30H28ClN3O5. The van der Waals surface area contributed by atoms with Crippen LogP contribution in [0.15, 0.2) is 71.4 Å². The van der Waals surface area contributed by atoms with Crippen molar-refractivity contribution in [3.8, 4) is 0 Å². The molecule has 2 N–H and O–H groups in total. The van der Waals surface area contributed by atoms with Gasteiger partial charge in [-0.3, -0.25) is 14.4 Å². The van der Waals surface area contributed by atoms with Crippen LogP contribution in [0.25, 0.3) is 0 Å². The van der Waals surface area contributed by atoms with Crippen LogP contribution in [0.2, 0.25) is 0 Å². The van der Waals surface area contributed by atoms with Gasteiger partial charge in [0.2, 0.25) is 0 Å². The lowest BCUT2D eigenvalue weighted by atomic mass is 10.0. The molecule has 1 aliphatic heterocycles. The molecular weight excluding hydrogens is 518 g/mol. The molecule has 3 amide bonds. The molecule has 9 heteroatoms. The van der Waals surface area contributed by atoms with Crippen molar-refractivity contribution in [2.75, 3.05) is 22.1 Å². The molecule has 4 rings (SSSR count). The third kappa shape index (κ3) is 5.86. The number of rotatable bonds is 8. The Labute approximate surface area is 231 Å². The van der Waals surface area contributed by atoms with Gasteiger partial charge in [-0.15, -0.1) is 0 Å². The molecule has 0 aliphatic carbocycles. The summed E-state index contributed by atoms with van der Waals surface area (Å²) >= 11 is 6.27. The second-order valence-corrected chi connectivity index (χ2v) is 9.63.